The molecule has 0 saturated heterocycles. The molecule has 0 aromatic heterocycles. The van der Waals surface area contributed by atoms with E-state index in [1.165, 1.54) is 6.07 Å². The molecule has 0 aliphatic carbocycles. The van der Waals surface area contributed by atoms with E-state index in [1.807, 2.05) is 0 Å². The standard InChI is InChI=1S/C8H4ClF3OS/c9-7(13)4-2-1-3-5(6(4)14)8(10,11)12/h1-3,14H. The Bertz CT molecular complexity index is 375. The summed E-state index contributed by atoms with van der Waals surface area (Å²) < 4.78 is 36.9. The molecule has 0 bridgehead atoms. The maximum absolute atomic E-state index is 12.3. The molecule has 0 aliphatic heterocycles. The molecule has 0 aliphatic rings. The molecule has 0 atom stereocenters. The highest BCUT2D eigenvalue weighted by atomic mass is 35.5. The minimum atomic E-state index is -4.53. The molecule has 76 valence electrons. The normalized spacial score (nSPS) is 11.5. The molecular weight excluding hydrogens is 237 g/mol. The first-order valence-corrected chi connectivity index (χ1v) is 4.25. The van der Waals surface area contributed by atoms with Gasteiger partial charge in [0.15, 0.2) is 0 Å². The Morgan fingerprint density at radius 1 is 1.36 bits per heavy atom. The number of hydrogen-bond acceptors (Lipinski definition) is 2. The lowest BCUT2D eigenvalue weighted by molar-refractivity contribution is -0.139. The third kappa shape index (κ3) is 2.22. The van der Waals surface area contributed by atoms with Crippen molar-refractivity contribution >= 4 is 29.5 Å². The second-order valence-electron chi connectivity index (χ2n) is 2.47. The zero-order valence-electron chi connectivity index (χ0n) is 6.60. The van der Waals surface area contributed by atoms with Gasteiger partial charge in [-0.2, -0.15) is 13.2 Å². The van der Waals surface area contributed by atoms with Crippen molar-refractivity contribution in [3.63, 3.8) is 0 Å². The Labute approximate surface area is 88.3 Å². The van der Waals surface area contributed by atoms with Crippen molar-refractivity contribution in [2.24, 2.45) is 0 Å². The molecule has 0 N–H and O–H groups in total. The molecule has 14 heavy (non-hydrogen) atoms. The molecule has 0 spiro atoms. The fraction of sp³-hybridized carbons (Fsp3) is 0.125. The summed E-state index contributed by atoms with van der Waals surface area (Å²) in [4.78, 5) is 10.3. The summed E-state index contributed by atoms with van der Waals surface area (Å²) in [6.07, 6.45) is -4.53. The SMILES string of the molecule is O=C(Cl)c1cccc(C(F)(F)F)c1S. The fourth-order valence-electron chi connectivity index (χ4n) is 0.931. The van der Waals surface area contributed by atoms with E-state index in [9.17, 15) is 18.0 Å². The lowest BCUT2D eigenvalue weighted by Crippen LogP contribution is -2.08. The zero-order chi connectivity index (χ0) is 10.9. The van der Waals surface area contributed by atoms with Gasteiger partial charge in [0.1, 0.15) is 0 Å². The van der Waals surface area contributed by atoms with Crippen LogP contribution < -0.4 is 0 Å². The summed E-state index contributed by atoms with van der Waals surface area (Å²) in [6.45, 7) is 0. The molecule has 0 fully saturated rings. The van der Waals surface area contributed by atoms with Gasteiger partial charge in [-0.3, -0.25) is 4.79 Å². The van der Waals surface area contributed by atoms with Gasteiger partial charge in [-0.05, 0) is 23.7 Å². The minimum Gasteiger partial charge on any atom is -0.276 e. The molecular formula is C8H4ClF3OS. The van der Waals surface area contributed by atoms with E-state index in [-0.39, 0.29) is 5.56 Å². The first kappa shape index (κ1) is 11.4. The number of hydrogen-bond donors (Lipinski definition) is 1. The predicted molar refractivity (Wildman–Crippen MR) is 48.9 cm³/mol. The van der Waals surface area contributed by atoms with Crippen LogP contribution in [0.25, 0.3) is 0 Å². The van der Waals surface area contributed by atoms with Crippen molar-refractivity contribution in [2.75, 3.05) is 0 Å². The molecule has 0 radical (unpaired) electrons. The number of thiol groups is 1. The van der Waals surface area contributed by atoms with Gasteiger partial charge < -0.3 is 0 Å². The van der Waals surface area contributed by atoms with Gasteiger partial charge in [-0.15, -0.1) is 12.6 Å². The maximum Gasteiger partial charge on any atom is 0.417 e. The lowest BCUT2D eigenvalue weighted by Gasteiger charge is -2.10. The maximum atomic E-state index is 12.3. The van der Waals surface area contributed by atoms with Crippen LogP contribution in [0.2, 0.25) is 0 Å². The Kier molecular flexibility index (Phi) is 3.11. The van der Waals surface area contributed by atoms with Crippen molar-refractivity contribution in [1.82, 2.24) is 0 Å². The molecule has 1 rings (SSSR count). The average molecular weight is 241 g/mol. The zero-order valence-corrected chi connectivity index (χ0v) is 8.25. The van der Waals surface area contributed by atoms with Crippen molar-refractivity contribution in [3.05, 3.63) is 29.3 Å². The van der Waals surface area contributed by atoms with Crippen molar-refractivity contribution in [3.8, 4) is 0 Å². The van der Waals surface area contributed by atoms with Gasteiger partial charge in [0.2, 0.25) is 0 Å². The molecule has 1 aromatic carbocycles. The first-order chi connectivity index (χ1) is 6.34. The summed E-state index contributed by atoms with van der Waals surface area (Å²) >= 11 is 8.69. The predicted octanol–water partition coefficient (Wildman–Crippen LogP) is 3.37. The molecule has 1 aromatic rings. The third-order valence-corrected chi connectivity index (χ3v) is 2.24. The van der Waals surface area contributed by atoms with E-state index in [4.69, 9.17) is 11.6 Å². The first-order valence-electron chi connectivity index (χ1n) is 3.43. The second-order valence-corrected chi connectivity index (χ2v) is 3.26. The van der Waals surface area contributed by atoms with Crippen LogP contribution in [0.15, 0.2) is 23.1 Å². The molecule has 6 heteroatoms. The molecule has 1 nitrogen and oxygen atoms in total. The second kappa shape index (κ2) is 3.82. The van der Waals surface area contributed by atoms with Crippen LogP contribution in [0.1, 0.15) is 15.9 Å². The quantitative estimate of drug-likeness (QED) is 0.588. The van der Waals surface area contributed by atoms with Gasteiger partial charge in [0.25, 0.3) is 5.24 Å². The lowest BCUT2D eigenvalue weighted by atomic mass is 10.1. The fourth-order valence-corrected chi connectivity index (χ4v) is 1.53. The number of halogens is 4. The van der Waals surface area contributed by atoms with Gasteiger partial charge in [0, 0.05) is 10.5 Å². The number of rotatable bonds is 1. The van der Waals surface area contributed by atoms with Crippen molar-refractivity contribution in [2.45, 2.75) is 11.1 Å². The Morgan fingerprint density at radius 3 is 2.36 bits per heavy atom. The number of benzene rings is 1. The minimum absolute atomic E-state index is 0.246. The van der Waals surface area contributed by atoms with Gasteiger partial charge in [-0.1, -0.05) is 6.07 Å². The smallest absolute Gasteiger partial charge is 0.276 e. The van der Waals surface area contributed by atoms with Crippen LogP contribution in [0.5, 0.6) is 0 Å². The molecule has 0 amide bonds. The van der Waals surface area contributed by atoms with Crippen LogP contribution in [0, 0.1) is 0 Å². The monoisotopic (exact) mass is 240 g/mol. The number of alkyl halides is 3. The average Bonchev–Trinajstić information content (AvgIpc) is 2.01. The van der Waals surface area contributed by atoms with E-state index >= 15 is 0 Å². The highest BCUT2D eigenvalue weighted by Crippen LogP contribution is 2.35. The largest absolute Gasteiger partial charge is 0.417 e. The Balaban J connectivity index is 3.35. The van der Waals surface area contributed by atoms with E-state index < -0.39 is 21.9 Å². The Hall–Kier alpha value is -0.680. The van der Waals surface area contributed by atoms with Crippen LogP contribution in [-0.4, -0.2) is 5.24 Å². The molecule has 0 saturated carbocycles. The number of carbonyl (C=O) groups excluding carboxylic acids is 1. The third-order valence-electron chi connectivity index (χ3n) is 1.55. The Morgan fingerprint density at radius 2 is 1.93 bits per heavy atom. The summed E-state index contributed by atoms with van der Waals surface area (Å²) in [5.74, 6) is 0. The summed E-state index contributed by atoms with van der Waals surface area (Å²) in [5.41, 5.74) is -1.21. The van der Waals surface area contributed by atoms with E-state index in [2.05, 4.69) is 12.6 Å². The van der Waals surface area contributed by atoms with Gasteiger partial charge in [0.05, 0.1) is 5.56 Å². The highest BCUT2D eigenvalue weighted by Gasteiger charge is 2.33. The highest BCUT2D eigenvalue weighted by molar-refractivity contribution is 7.80. The van der Waals surface area contributed by atoms with E-state index in [0.29, 0.717) is 0 Å². The number of carbonyl (C=O) groups is 1. The van der Waals surface area contributed by atoms with Crippen molar-refractivity contribution < 1.29 is 18.0 Å². The van der Waals surface area contributed by atoms with E-state index in [1.54, 1.807) is 0 Å². The molecule has 0 unspecified atom stereocenters. The summed E-state index contributed by atoms with van der Waals surface area (Å²) in [7, 11) is 0. The van der Waals surface area contributed by atoms with Gasteiger partial charge >= 0.3 is 6.18 Å². The van der Waals surface area contributed by atoms with Gasteiger partial charge in [-0.25, -0.2) is 0 Å². The van der Waals surface area contributed by atoms with Crippen molar-refractivity contribution in [1.29, 1.82) is 0 Å². The topological polar surface area (TPSA) is 17.1 Å². The van der Waals surface area contributed by atoms with Crippen LogP contribution in [-0.2, 0) is 6.18 Å². The van der Waals surface area contributed by atoms with Crippen LogP contribution in [0.4, 0.5) is 13.2 Å². The summed E-state index contributed by atoms with van der Waals surface area (Å²) in [5, 5.41) is -0.957. The van der Waals surface area contributed by atoms with Crippen LogP contribution in [0.3, 0.4) is 0 Å². The summed E-state index contributed by atoms with van der Waals surface area (Å²) in [6, 6.07) is 3.14. The van der Waals surface area contributed by atoms with Crippen LogP contribution >= 0.6 is 24.2 Å². The van der Waals surface area contributed by atoms with E-state index in [0.717, 1.165) is 12.1 Å². The molecule has 0 heterocycles.